The first-order valence-electron chi connectivity index (χ1n) is 5.86. The molecule has 3 aromatic rings. The SMILES string of the molecule is Cc1nc2cc(N(C)c3ccc(Br)cn3)ccc2o1. The third-order valence-electron chi connectivity index (χ3n) is 2.92. The van der Waals surface area contributed by atoms with Crippen LogP contribution in [0.5, 0.6) is 0 Å². The van der Waals surface area contributed by atoms with Gasteiger partial charge in [-0.25, -0.2) is 9.97 Å². The molecule has 0 radical (unpaired) electrons. The number of hydrogen-bond acceptors (Lipinski definition) is 4. The predicted octanol–water partition coefficient (Wildman–Crippen LogP) is 4.06. The quantitative estimate of drug-likeness (QED) is 0.714. The summed E-state index contributed by atoms with van der Waals surface area (Å²) in [6, 6.07) is 9.85. The fraction of sp³-hybridized carbons (Fsp3) is 0.143. The minimum absolute atomic E-state index is 0.677. The molecule has 0 aliphatic carbocycles. The zero-order valence-corrected chi connectivity index (χ0v) is 12.2. The van der Waals surface area contributed by atoms with Crippen molar-refractivity contribution in [1.82, 2.24) is 9.97 Å². The van der Waals surface area contributed by atoms with Crippen molar-refractivity contribution in [2.75, 3.05) is 11.9 Å². The number of pyridine rings is 1. The number of aromatic nitrogens is 2. The third kappa shape index (κ3) is 2.33. The van der Waals surface area contributed by atoms with E-state index in [4.69, 9.17) is 4.42 Å². The van der Waals surface area contributed by atoms with Crippen molar-refractivity contribution in [1.29, 1.82) is 0 Å². The van der Waals surface area contributed by atoms with Gasteiger partial charge in [-0.3, -0.25) is 0 Å². The zero-order chi connectivity index (χ0) is 13.4. The van der Waals surface area contributed by atoms with Crippen LogP contribution in [-0.4, -0.2) is 17.0 Å². The molecule has 0 saturated heterocycles. The highest BCUT2D eigenvalue weighted by atomic mass is 79.9. The van der Waals surface area contributed by atoms with E-state index in [2.05, 4.69) is 25.9 Å². The molecule has 0 fully saturated rings. The summed E-state index contributed by atoms with van der Waals surface area (Å²) < 4.78 is 6.44. The average Bonchev–Trinajstić information content (AvgIpc) is 2.77. The van der Waals surface area contributed by atoms with Gasteiger partial charge in [0.1, 0.15) is 11.3 Å². The average molecular weight is 318 g/mol. The Morgan fingerprint density at radius 3 is 2.79 bits per heavy atom. The summed E-state index contributed by atoms with van der Waals surface area (Å²) in [5.41, 5.74) is 2.69. The molecule has 2 aromatic heterocycles. The second kappa shape index (κ2) is 4.66. The molecule has 2 heterocycles. The first-order valence-corrected chi connectivity index (χ1v) is 6.65. The Kier molecular flexibility index (Phi) is 2.98. The van der Waals surface area contributed by atoms with Gasteiger partial charge < -0.3 is 9.32 Å². The summed E-state index contributed by atoms with van der Waals surface area (Å²) in [4.78, 5) is 10.7. The maximum Gasteiger partial charge on any atom is 0.192 e. The number of halogens is 1. The van der Waals surface area contributed by atoms with Crippen LogP contribution in [0.2, 0.25) is 0 Å². The van der Waals surface area contributed by atoms with Crippen LogP contribution in [0.25, 0.3) is 11.1 Å². The second-order valence-electron chi connectivity index (χ2n) is 4.28. The van der Waals surface area contributed by atoms with E-state index in [1.54, 1.807) is 6.20 Å². The van der Waals surface area contributed by atoms with E-state index in [1.807, 2.05) is 49.2 Å². The fourth-order valence-corrected chi connectivity index (χ4v) is 2.17. The van der Waals surface area contributed by atoms with Crippen molar-refractivity contribution in [2.24, 2.45) is 0 Å². The van der Waals surface area contributed by atoms with Crippen LogP contribution in [0.1, 0.15) is 5.89 Å². The molecule has 4 nitrogen and oxygen atoms in total. The van der Waals surface area contributed by atoms with Gasteiger partial charge in [-0.15, -0.1) is 0 Å². The van der Waals surface area contributed by atoms with Crippen LogP contribution < -0.4 is 4.90 Å². The summed E-state index contributed by atoms with van der Waals surface area (Å²) in [6.45, 7) is 1.85. The summed E-state index contributed by atoms with van der Waals surface area (Å²) >= 11 is 3.38. The highest BCUT2D eigenvalue weighted by Gasteiger charge is 2.08. The van der Waals surface area contributed by atoms with Gasteiger partial charge in [0, 0.05) is 30.3 Å². The van der Waals surface area contributed by atoms with Crippen LogP contribution >= 0.6 is 15.9 Å². The van der Waals surface area contributed by atoms with E-state index in [9.17, 15) is 0 Å². The fourth-order valence-electron chi connectivity index (χ4n) is 1.94. The standard InChI is InChI=1S/C14H12BrN3O/c1-9-17-12-7-11(4-5-13(12)19-9)18(2)14-6-3-10(15)8-16-14/h3-8H,1-2H3. The van der Waals surface area contributed by atoms with E-state index in [-0.39, 0.29) is 0 Å². The molecular formula is C14H12BrN3O. The number of aryl methyl sites for hydroxylation is 1. The van der Waals surface area contributed by atoms with Gasteiger partial charge in [0.15, 0.2) is 11.5 Å². The van der Waals surface area contributed by atoms with E-state index in [0.29, 0.717) is 5.89 Å². The monoisotopic (exact) mass is 317 g/mol. The first-order chi connectivity index (χ1) is 9.13. The molecule has 0 aliphatic heterocycles. The topological polar surface area (TPSA) is 42.2 Å². The van der Waals surface area contributed by atoms with E-state index >= 15 is 0 Å². The number of rotatable bonds is 2. The summed E-state index contributed by atoms with van der Waals surface area (Å²) in [5.74, 6) is 1.55. The van der Waals surface area contributed by atoms with Gasteiger partial charge in [0.05, 0.1) is 0 Å². The predicted molar refractivity (Wildman–Crippen MR) is 78.7 cm³/mol. The maximum absolute atomic E-state index is 5.47. The zero-order valence-electron chi connectivity index (χ0n) is 10.6. The van der Waals surface area contributed by atoms with Gasteiger partial charge in [-0.1, -0.05) is 0 Å². The van der Waals surface area contributed by atoms with Crippen LogP contribution in [-0.2, 0) is 0 Å². The number of anilines is 2. The second-order valence-corrected chi connectivity index (χ2v) is 5.19. The van der Waals surface area contributed by atoms with E-state index < -0.39 is 0 Å². The van der Waals surface area contributed by atoms with Crippen molar-refractivity contribution >= 4 is 38.5 Å². The Balaban J connectivity index is 2.00. The Hall–Kier alpha value is -1.88. The van der Waals surface area contributed by atoms with Crippen molar-refractivity contribution in [3.8, 4) is 0 Å². The van der Waals surface area contributed by atoms with Crippen LogP contribution in [0.15, 0.2) is 45.4 Å². The molecule has 0 atom stereocenters. The molecule has 0 spiro atoms. The Bertz CT molecular complexity index is 721. The van der Waals surface area contributed by atoms with Crippen molar-refractivity contribution < 1.29 is 4.42 Å². The molecule has 0 aliphatic rings. The van der Waals surface area contributed by atoms with Gasteiger partial charge in [-0.05, 0) is 46.3 Å². The maximum atomic E-state index is 5.47. The lowest BCUT2D eigenvalue weighted by molar-refractivity contribution is 0.561. The molecule has 0 amide bonds. The Morgan fingerprint density at radius 2 is 2.05 bits per heavy atom. The highest BCUT2D eigenvalue weighted by molar-refractivity contribution is 9.10. The summed E-state index contributed by atoms with van der Waals surface area (Å²) in [6.07, 6.45) is 1.78. The number of hydrogen-bond donors (Lipinski definition) is 0. The number of oxazole rings is 1. The van der Waals surface area contributed by atoms with Gasteiger partial charge >= 0.3 is 0 Å². The van der Waals surface area contributed by atoms with Crippen LogP contribution in [0.4, 0.5) is 11.5 Å². The molecule has 0 N–H and O–H groups in total. The highest BCUT2D eigenvalue weighted by Crippen LogP contribution is 2.26. The molecule has 0 unspecified atom stereocenters. The lowest BCUT2D eigenvalue weighted by atomic mass is 10.2. The molecule has 1 aromatic carbocycles. The lowest BCUT2D eigenvalue weighted by Gasteiger charge is -2.17. The number of benzene rings is 1. The molecule has 96 valence electrons. The number of nitrogens with zero attached hydrogens (tertiary/aromatic N) is 3. The Labute approximate surface area is 119 Å². The smallest absolute Gasteiger partial charge is 0.192 e. The molecule has 3 rings (SSSR count). The molecular weight excluding hydrogens is 306 g/mol. The van der Waals surface area contributed by atoms with Gasteiger partial charge in [0.25, 0.3) is 0 Å². The van der Waals surface area contributed by atoms with Crippen LogP contribution in [0.3, 0.4) is 0 Å². The van der Waals surface area contributed by atoms with Crippen molar-refractivity contribution in [2.45, 2.75) is 6.92 Å². The third-order valence-corrected chi connectivity index (χ3v) is 3.39. The Morgan fingerprint density at radius 1 is 1.21 bits per heavy atom. The number of fused-ring (bicyclic) bond motifs is 1. The molecule has 0 saturated carbocycles. The van der Waals surface area contributed by atoms with Crippen molar-refractivity contribution in [3.63, 3.8) is 0 Å². The molecule has 5 heteroatoms. The summed E-state index contributed by atoms with van der Waals surface area (Å²) in [7, 11) is 1.98. The van der Waals surface area contributed by atoms with Gasteiger partial charge in [0.2, 0.25) is 0 Å². The first kappa shape index (κ1) is 12.2. The van der Waals surface area contributed by atoms with E-state index in [0.717, 1.165) is 27.1 Å². The minimum atomic E-state index is 0.677. The van der Waals surface area contributed by atoms with Crippen molar-refractivity contribution in [3.05, 3.63) is 46.9 Å². The van der Waals surface area contributed by atoms with Gasteiger partial charge in [-0.2, -0.15) is 0 Å². The minimum Gasteiger partial charge on any atom is -0.441 e. The van der Waals surface area contributed by atoms with E-state index in [1.165, 1.54) is 0 Å². The lowest BCUT2D eigenvalue weighted by Crippen LogP contribution is -2.10. The largest absolute Gasteiger partial charge is 0.441 e. The molecule has 19 heavy (non-hydrogen) atoms. The normalized spacial score (nSPS) is 10.9. The van der Waals surface area contributed by atoms with Crippen LogP contribution in [0, 0.1) is 6.92 Å². The molecule has 0 bridgehead atoms. The summed E-state index contributed by atoms with van der Waals surface area (Å²) in [5, 5.41) is 0.